The van der Waals surface area contributed by atoms with Gasteiger partial charge in [0.2, 0.25) is 0 Å². The van der Waals surface area contributed by atoms with E-state index < -0.39 is 10.2 Å². The summed E-state index contributed by atoms with van der Waals surface area (Å²) in [6, 6.07) is 17.8. The molecule has 1 fully saturated rings. The van der Waals surface area contributed by atoms with E-state index in [0.29, 0.717) is 42.1 Å². The molecule has 0 radical (unpaired) electrons. The molecule has 0 saturated carbocycles. The van der Waals surface area contributed by atoms with Gasteiger partial charge in [0, 0.05) is 30.6 Å². The predicted octanol–water partition coefficient (Wildman–Crippen LogP) is 4.13. The van der Waals surface area contributed by atoms with Gasteiger partial charge in [-0.25, -0.2) is 5.01 Å². The van der Waals surface area contributed by atoms with Crippen molar-refractivity contribution in [2.24, 2.45) is 9.50 Å². The number of nitrogens with zero attached hydrogens (tertiary/aromatic N) is 5. The number of likely N-dealkylation sites (N-methyl/N-ethyl adjacent to an activating group) is 1. The lowest BCUT2D eigenvalue weighted by Crippen LogP contribution is -2.35. The molecule has 0 aromatic heterocycles. The molecule has 10 heteroatoms. The summed E-state index contributed by atoms with van der Waals surface area (Å²) in [5, 5.41) is 7.70. The number of benzene rings is 2. The van der Waals surface area contributed by atoms with Gasteiger partial charge < -0.3 is 4.90 Å². The first-order valence-electron chi connectivity index (χ1n) is 11.5. The summed E-state index contributed by atoms with van der Waals surface area (Å²) in [6.07, 6.45) is 0.792. The van der Waals surface area contributed by atoms with Gasteiger partial charge in [0.05, 0.1) is 12.3 Å². The van der Waals surface area contributed by atoms with Crippen LogP contribution in [0.2, 0.25) is 5.02 Å². The maximum Gasteiger partial charge on any atom is 0.324 e. The van der Waals surface area contributed by atoms with Crippen molar-refractivity contribution in [2.75, 3.05) is 45.5 Å². The summed E-state index contributed by atoms with van der Waals surface area (Å²) in [7, 11) is -1.80. The molecule has 7 nitrogen and oxygen atoms in total. The van der Waals surface area contributed by atoms with E-state index >= 15 is 0 Å². The highest BCUT2D eigenvalue weighted by Crippen LogP contribution is 2.31. The standard InChI is InChI=1S/C24H30ClN5O2S2/c1-3-33-24(27-34(31,32)29-15-7-14-28(2)16-17-29)30-18-22(19-8-5-4-6-9-19)23(26-30)20-10-12-21(25)13-11-20/h4-6,8-13,22H,3,7,14-18H2,1-2H3/b27-24-. The largest absolute Gasteiger partial charge is 0.324 e. The molecule has 0 amide bonds. The lowest BCUT2D eigenvalue weighted by molar-refractivity contribution is 0.347. The maximum absolute atomic E-state index is 13.2. The monoisotopic (exact) mass is 519 g/mol. The predicted molar refractivity (Wildman–Crippen MR) is 142 cm³/mol. The summed E-state index contributed by atoms with van der Waals surface area (Å²) >= 11 is 7.51. The quantitative estimate of drug-likeness (QED) is 0.439. The van der Waals surface area contributed by atoms with Crippen LogP contribution in [0.1, 0.15) is 30.4 Å². The van der Waals surface area contributed by atoms with Crippen molar-refractivity contribution in [1.82, 2.24) is 14.2 Å². The molecule has 1 saturated heterocycles. The van der Waals surface area contributed by atoms with Gasteiger partial charge in [0.25, 0.3) is 0 Å². The molecule has 4 rings (SSSR count). The Kier molecular flexibility index (Phi) is 8.31. The Balaban J connectivity index is 1.68. The molecular weight excluding hydrogens is 490 g/mol. The number of thioether (sulfide) groups is 1. The first kappa shape index (κ1) is 25.2. The van der Waals surface area contributed by atoms with Crippen LogP contribution in [-0.4, -0.2) is 79.0 Å². The van der Waals surface area contributed by atoms with Crippen LogP contribution in [0.5, 0.6) is 0 Å². The second-order valence-corrected chi connectivity index (χ2v) is 11.6. The SMILES string of the molecule is CCS/C(=N\S(=O)(=O)N1CCCN(C)CC1)N1CC(c2ccccc2)C(c2ccc(Cl)cc2)=N1. The first-order chi connectivity index (χ1) is 16.4. The van der Waals surface area contributed by atoms with E-state index in [2.05, 4.69) is 21.4 Å². The molecular formula is C24H30ClN5O2S2. The zero-order valence-corrected chi connectivity index (χ0v) is 21.9. The Morgan fingerprint density at radius 2 is 1.82 bits per heavy atom. The van der Waals surface area contributed by atoms with Gasteiger partial charge in [-0.1, -0.05) is 72.8 Å². The fourth-order valence-electron chi connectivity index (χ4n) is 4.14. The summed E-state index contributed by atoms with van der Waals surface area (Å²) in [6.45, 7) is 5.01. The third kappa shape index (κ3) is 6.01. The molecule has 34 heavy (non-hydrogen) atoms. The molecule has 182 valence electrons. The van der Waals surface area contributed by atoms with Crippen molar-refractivity contribution in [3.8, 4) is 0 Å². The Labute approximate surface area is 211 Å². The molecule has 2 aromatic carbocycles. The van der Waals surface area contributed by atoms with Crippen LogP contribution < -0.4 is 0 Å². The zero-order valence-electron chi connectivity index (χ0n) is 19.5. The second-order valence-electron chi connectivity index (χ2n) is 8.38. The smallest absolute Gasteiger partial charge is 0.305 e. The van der Waals surface area contributed by atoms with Gasteiger partial charge in [-0.2, -0.15) is 17.8 Å². The lowest BCUT2D eigenvalue weighted by Gasteiger charge is -2.21. The summed E-state index contributed by atoms with van der Waals surface area (Å²) in [5.74, 6) is 0.676. The van der Waals surface area contributed by atoms with Crippen LogP contribution in [0.15, 0.2) is 64.1 Å². The van der Waals surface area contributed by atoms with Crippen molar-refractivity contribution >= 4 is 44.5 Å². The van der Waals surface area contributed by atoms with Crippen LogP contribution in [0.25, 0.3) is 0 Å². The number of hydrazone groups is 1. The van der Waals surface area contributed by atoms with E-state index in [1.54, 1.807) is 5.01 Å². The first-order valence-corrected chi connectivity index (χ1v) is 14.2. The van der Waals surface area contributed by atoms with Crippen LogP contribution in [0, 0.1) is 0 Å². The lowest BCUT2D eigenvalue weighted by atomic mass is 9.91. The van der Waals surface area contributed by atoms with E-state index in [-0.39, 0.29) is 5.92 Å². The molecule has 2 aromatic rings. The van der Waals surface area contributed by atoms with Crippen LogP contribution in [0.3, 0.4) is 0 Å². The van der Waals surface area contributed by atoms with Gasteiger partial charge in [-0.05, 0) is 49.0 Å². The third-order valence-electron chi connectivity index (χ3n) is 5.95. The highest BCUT2D eigenvalue weighted by atomic mass is 35.5. The molecule has 1 atom stereocenters. The van der Waals surface area contributed by atoms with Crippen molar-refractivity contribution in [3.05, 3.63) is 70.7 Å². The summed E-state index contributed by atoms with van der Waals surface area (Å²) in [4.78, 5) is 2.15. The summed E-state index contributed by atoms with van der Waals surface area (Å²) < 4.78 is 32.3. The fraction of sp³-hybridized carbons (Fsp3) is 0.417. The van der Waals surface area contributed by atoms with E-state index in [0.717, 1.165) is 29.8 Å². The molecule has 2 heterocycles. The van der Waals surface area contributed by atoms with E-state index in [1.807, 2.05) is 56.4 Å². The van der Waals surface area contributed by atoms with Gasteiger partial charge in [0.1, 0.15) is 0 Å². The molecule has 0 aliphatic carbocycles. The molecule has 0 N–H and O–H groups in total. The summed E-state index contributed by atoms with van der Waals surface area (Å²) in [5.41, 5.74) is 2.96. The molecule has 1 unspecified atom stereocenters. The van der Waals surface area contributed by atoms with Crippen molar-refractivity contribution < 1.29 is 8.42 Å². The van der Waals surface area contributed by atoms with E-state index in [4.69, 9.17) is 16.7 Å². The average molecular weight is 520 g/mol. The Hall–Kier alpha value is -1.91. The minimum absolute atomic E-state index is 0.0143. The maximum atomic E-state index is 13.2. The highest BCUT2D eigenvalue weighted by Gasteiger charge is 2.33. The van der Waals surface area contributed by atoms with Gasteiger partial charge in [-0.3, -0.25) is 0 Å². The zero-order chi connectivity index (χ0) is 24.1. The minimum atomic E-state index is -3.81. The number of rotatable bonds is 5. The van der Waals surface area contributed by atoms with E-state index in [9.17, 15) is 8.42 Å². The normalized spacial score (nSPS) is 20.9. The topological polar surface area (TPSA) is 68.6 Å². The van der Waals surface area contributed by atoms with Crippen LogP contribution >= 0.6 is 23.4 Å². The second kappa shape index (κ2) is 11.2. The fourth-order valence-corrected chi connectivity index (χ4v) is 6.36. The third-order valence-corrected chi connectivity index (χ3v) is 8.59. The Bertz CT molecular complexity index is 1140. The highest BCUT2D eigenvalue weighted by molar-refractivity contribution is 8.14. The number of hydrogen-bond acceptors (Lipinski definition) is 5. The number of halogens is 1. The van der Waals surface area contributed by atoms with Gasteiger partial charge >= 0.3 is 10.2 Å². The molecule has 0 spiro atoms. The van der Waals surface area contributed by atoms with Gasteiger partial charge in [0.15, 0.2) is 5.17 Å². The van der Waals surface area contributed by atoms with Gasteiger partial charge in [-0.15, -0.1) is 4.40 Å². The van der Waals surface area contributed by atoms with Crippen molar-refractivity contribution in [1.29, 1.82) is 0 Å². The van der Waals surface area contributed by atoms with Crippen LogP contribution in [0.4, 0.5) is 0 Å². The van der Waals surface area contributed by atoms with Crippen molar-refractivity contribution in [2.45, 2.75) is 19.3 Å². The van der Waals surface area contributed by atoms with Crippen LogP contribution in [-0.2, 0) is 10.2 Å². The molecule has 2 aliphatic rings. The minimum Gasteiger partial charge on any atom is -0.305 e. The number of hydrogen-bond donors (Lipinski definition) is 0. The van der Waals surface area contributed by atoms with Crippen molar-refractivity contribution in [3.63, 3.8) is 0 Å². The average Bonchev–Trinajstić information content (AvgIpc) is 3.15. The molecule has 0 bridgehead atoms. The number of amidine groups is 1. The van der Waals surface area contributed by atoms with E-state index in [1.165, 1.54) is 16.1 Å². The Morgan fingerprint density at radius 1 is 1.09 bits per heavy atom. The Morgan fingerprint density at radius 3 is 2.53 bits per heavy atom. The molecule has 2 aliphatic heterocycles.